The van der Waals surface area contributed by atoms with Gasteiger partial charge < -0.3 is 10.2 Å². The van der Waals surface area contributed by atoms with Crippen LogP contribution in [0.1, 0.15) is 78.1 Å². The lowest BCUT2D eigenvalue weighted by Crippen LogP contribution is -2.37. The second kappa shape index (κ2) is 6.13. The summed E-state index contributed by atoms with van der Waals surface area (Å²) in [5.74, 6) is 0.529. The Morgan fingerprint density at radius 2 is 1.42 bits per heavy atom. The van der Waals surface area contributed by atoms with Crippen molar-refractivity contribution in [1.29, 1.82) is 0 Å². The van der Waals surface area contributed by atoms with Crippen LogP contribution in [0, 0.1) is 16.7 Å². The highest BCUT2D eigenvalue weighted by Gasteiger charge is 2.45. The largest absolute Gasteiger partial charge is 0.396 e. The minimum atomic E-state index is -0.0682. The van der Waals surface area contributed by atoms with Gasteiger partial charge in [-0.1, -0.05) is 26.7 Å². The van der Waals surface area contributed by atoms with Crippen LogP contribution in [0.3, 0.4) is 0 Å². The minimum Gasteiger partial charge on any atom is -0.396 e. The topological polar surface area (TPSA) is 40.5 Å². The summed E-state index contributed by atoms with van der Waals surface area (Å²) in [7, 11) is 0. The van der Waals surface area contributed by atoms with Gasteiger partial charge in [0.15, 0.2) is 0 Å². The van der Waals surface area contributed by atoms with Gasteiger partial charge in [-0.25, -0.2) is 0 Å². The van der Waals surface area contributed by atoms with Crippen LogP contribution < -0.4 is 0 Å². The second-order valence-corrected chi connectivity index (χ2v) is 7.69. The molecule has 0 heterocycles. The molecule has 0 aromatic carbocycles. The molecule has 2 aliphatic rings. The van der Waals surface area contributed by atoms with E-state index in [0.29, 0.717) is 23.4 Å². The summed E-state index contributed by atoms with van der Waals surface area (Å²) in [6.45, 7) is 5.31. The zero-order valence-corrected chi connectivity index (χ0v) is 12.8. The Morgan fingerprint density at radius 1 is 0.842 bits per heavy atom. The Labute approximate surface area is 118 Å². The first-order valence-corrected chi connectivity index (χ1v) is 8.28. The number of rotatable bonds is 2. The van der Waals surface area contributed by atoms with Crippen molar-refractivity contribution in [2.24, 2.45) is 16.7 Å². The van der Waals surface area contributed by atoms with Gasteiger partial charge in [0.2, 0.25) is 0 Å². The first-order valence-electron chi connectivity index (χ1n) is 8.28. The van der Waals surface area contributed by atoms with Gasteiger partial charge in [-0.2, -0.15) is 0 Å². The average Bonchev–Trinajstić information content (AvgIpc) is 2.69. The van der Waals surface area contributed by atoms with Gasteiger partial charge in [0.05, 0.1) is 6.10 Å². The van der Waals surface area contributed by atoms with Gasteiger partial charge in [-0.15, -0.1) is 0 Å². The molecule has 0 aromatic heterocycles. The van der Waals surface area contributed by atoms with Gasteiger partial charge >= 0.3 is 0 Å². The summed E-state index contributed by atoms with van der Waals surface area (Å²) in [4.78, 5) is 0. The molecule has 2 rings (SSSR count). The average molecular weight is 268 g/mol. The van der Waals surface area contributed by atoms with E-state index >= 15 is 0 Å². The van der Waals surface area contributed by atoms with Crippen LogP contribution in [0.4, 0.5) is 0 Å². The van der Waals surface area contributed by atoms with Gasteiger partial charge in [0.25, 0.3) is 0 Å². The molecule has 0 radical (unpaired) electrons. The zero-order chi connectivity index (χ0) is 13.9. The van der Waals surface area contributed by atoms with Crippen molar-refractivity contribution in [1.82, 2.24) is 0 Å². The molecule has 0 aromatic rings. The fraction of sp³-hybridized carbons (Fsp3) is 1.00. The first kappa shape index (κ1) is 15.3. The molecule has 4 unspecified atom stereocenters. The molecule has 2 saturated carbocycles. The summed E-state index contributed by atoms with van der Waals surface area (Å²) in [6.07, 6.45) is 11.7. The van der Waals surface area contributed by atoms with Crippen molar-refractivity contribution < 1.29 is 10.2 Å². The van der Waals surface area contributed by atoms with Crippen molar-refractivity contribution in [2.45, 2.75) is 84.2 Å². The van der Waals surface area contributed by atoms with E-state index in [9.17, 15) is 10.2 Å². The molecular weight excluding hydrogens is 236 g/mol. The molecule has 2 heteroatoms. The summed E-state index contributed by atoms with van der Waals surface area (Å²) in [5.41, 5.74) is 0.788. The Balaban J connectivity index is 2.08. The third kappa shape index (κ3) is 3.33. The molecule has 2 fully saturated rings. The Kier molecular flexibility index (Phi) is 4.94. The van der Waals surface area contributed by atoms with E-state index in [1.165, 1.54) is 51.4 Å². The van der Waals surface area contributed by atoms with Crippen molar-refractivity contribution in [3.05, 3.63) is 0 Å². The van der Waals surface area contributed by atoms with Crippen molar-refractivity contribution in [3.8, 4) is 0 Å². The van der Waals surface area contributed by atoms with Crippen LogP contribution in [-0.2, 0) is 0 Å². The fourth-order valence-corrected chi connectivity index (χ4v) is 4.44. The molecular formula is C17H32O2. The van der Waals surface area contributed by atoms with Gasteiger partial charge in [-0.05, 0) is 68.1 Å². The lowest BCUT2D eigenvalue weighted by Gasteiger charge is -2.47. The number of aliphatic hydroxyl groups excluding tert-OH is 2. The number of hydrogen-bond acceptors (Lipinski definition) is 2. The zero-order valence-electron chi connectivity index (χ0n) is 12.8. The lowest BCUT2D eigenvalue weighted by atomic mass is 9.58. The highest BCUT2D eigenvalue weighted by Crippen LogP contribution is 2.55. The maximum absolute atomic E-state index is 9.91. The maximum Gasteiger partial charge on any atom is 0.0540 e. The maximum atomic E-state index is 9.91. The number of aliphatic hydroxyl groups is 2. The van der Waals surface area contributed by atoms with E-state index in [0.717, 1.165) is 12.8 Å². The molecule has 0 amide bonds. The molecule has 0 aliphatic heterocycles. The minimum absolute atomic E-state index is 0.0682. The van der Waals surface area contributed by atoms with Crippen LogP contribution in [0.25, 0.3) is 0 Å². The van der Waals surface area contributed by atoms with E-state index in [4.69, 9.17) is 0 Å². The van der Waals surface area contributed by atoms with E-state index < -0.39 is 0 Å². The Bertz CT molecular complexity index is 291. The quantitative estimate of drug-likeness (QED) is 0.746. The summed E-state index contributed by atoms with van der Waals surface area (Å²) in [6, 6.07) is 0. The molecule has 2 nitrogen and oxygen atoms in total. The Morgan fingerprint density at radius 3 is 2.05 bits per heavy atom. The van der Waals surface area contributed by atoms with Crippen molar-refractivity contribution in [3.63, 3.8) is 0 Å². The standard InChI is InChI=1S/C17H32O2/c1-16(9-3-5-14(13-18)7-11-16)17(2)10-4-6-15(19)8-12-17/h14-15,18-19H,3-13H2,1-2H3. The van der Waals surface area contributed by atoms with Gasteiger partial charge in [-0.3, -0.25) is 0 Å². The Hall–Kier alpha value is -0.0800. The highest BCUT2D eigenvalue weighted by atomic mass is 16.3. The van der Waals surface area contributed by atoms with Gasteiger partial charge in [0.1, 0.15) is 0 Å². The van der Waals surface area contributed by atoms with E-state index in [1.54, 1.807) is 0 Å². The molecule has 2 N–H and O–H groups in total. The molecule has 2 aliphatic carbocycles. The summed E-state index contributed by atoms with van der Waals surface area (Å²) < 4.78 is 0. The van der Waals surface area contributed by atoms with E-state index in [2.05, 4.69) is 13.8 Å². The first-order chi connectivity index (χ1) is 8.99. The van der Waals surface area contributed by atoms with Crippen molar-refractivity contribution >= 4 is 0 Å². The van der Waals surface area contributed by atoms with E-state index in [-0.39, 0.29) is 6.10 Å². The van der Waals surface area contributed by atoms with Crippen LogP contribution in [0.5, 0.6) is 0 Å². The fourth-order valence-electron chi connectivity index (χ4n) is 4.44. The lowest BCUT2D eigenvalue weighted by molar-refractivity contribution is 0.0292. The van der Waals surface area contributed by atoms with Crippen LogP contribution in [0.15, 0.2) is 0 Å². The molecule has 112 valence electrons. The molecule has 0 spiro atoms. The molecule has 4 atom stereocenters. The predicted molar refractivity (Wildman–Crippen MR) is 79.0 cm³/mol. The number of hydrogen-bond donors (Lipinski definition) is 2. The second-order valence-electron chi connectivity index (χ2n) is 7.69. The third-order valence-corrected chi connectivity index (χ3v) is 6.46. The highest BCUT2D eigenvalue weighted by molar-refractivity contribution is 4.95. The van der Waals surface area contributed by atoms with Crippen molar-refractivity contribution in [2.75, 3.05) is 6.61 Å². The monoisotopic (exact) mass is 268 g/mol. The molecule has 0 saturated heterocycles. The van der Waals surface area contributed by atoms with Crippen LogP contribution >= 0.6 is 0 Å². The SMILES string of the molecule is CC1(C2(C)CCCC(CO)CC2)CCCC(O)CC1. The smallest absolute Gasteiger partial charge is 0.0540 e. The third-order valence-electron chi connectivity index (χ3n) is 6.46. The summed E-state index contributed by atoms with van der Waals surface area (Å²) >= 11 is 0. The van der Waals surface area contributed by atoms with Gasteiger partial charge in [0, 0.05) is 6.61 Å². The van der Waals surface area contributed by atoms with Crippen LogP contribution in [0.2, 0.25) is 0 Å². The van der Waals surface area contributed by atoms with Crippen LogP contribution in [-0.4, -0.2) is 22.9 Å². The molecule has 0 bridgehead atoms. The normalized spacial score (nSPS) is 45.5. The van der Waals surface area contributed by atoms with E-state index in [1.807, 2.05) is 0 Å². The molecule has 19 heavy (non-hydrogen) atoms. The summed E-state index contributed by atoms with van der Waals surface area (Å²) in [5, 5.41) is 19.3. The predicted octanol–water partition coefficient (Wildman–Crippen LogP) is 3.90.